The Morgan fingerprint density at radius 1 is 0.907 bits per heavy atom. The highest BCUT2D eigenvalue weighted by Gasteiger charge is 2.22. The standard InChI is InChI=1S/C32H33N7O4/c1-32(2,3)27-18-29(39(38-27)21-11-9-20(33)10-12-21)37-31(41)35-25-13-14-26(24-8-6-5-7-23(24)25)43-22-15-16-34-28(17-22)36-30(40)19-42-4/h5-18H,19,33H2,1-4H3,(H,34,36,40)(H2,35,37,41). The Morgan fingerprint density at radius 3 is 2.37 bits per heavy atom. The molecular formula is C32H33N7O4. The van der Waals surface area contributed by atoms with Crippen LogP contribution in [0.1, 0.15) is 26.5 Å². The van der Waals surface area contributed by atoms with Gasteiger partial charge in [-0.1, -0.05) is 45.0 Å². The topological polar surface area (TPSA) is 145 Å². The monoisotopic (exact) mass is 579 g/mol. The fourth-order valence-electron chi connectivity index (χ4n) is 4.37. The molecule has 0 aliphatic carbocycles. The molecule has 0 radical (unpaired) electrons. The van der Waals surface area contributed by atoms with Gasteiger partial charge in [-0.3, -0.25) is 10.1 Å². The highest BCUT2D eigenvalue weighted by atomic mass is 16.5. The van der Waals surface area contributed by atoms with Crippen LogP contribution in [0.2, 0.25) is 0 Å². The molecule has 0 bridgehead atoms. The number of hydrogen-bond acceptors (Lipinski definition) is 7. The van der Waals surface area contributed by atoms with Crippen LogP contribution in [0.5, 0.6) is 11.5 Å². The van der Waals surface area contributed by atoms with Crippen LogP contribution >= 0.6 is 0 Å². The van der Waals surface area contributed by atoms with Crippen LogP contribution in [0.3, 0.4) is 0 Å². The quantitative estimate of drug-likeness (QED) is 0.157. The molecule has 0 saturated heterocycles. The molecular weight excluding hydrogens is 546 g/mol. The largest absolute Gasteiger partial charge is 0.457 e. The van der Waals surface area contributed by atoms with Crippen molar-refractivity contribution in [2.75, 3.05) is 35.4 Å². The zero-order chi connectivity index (χ0) is 30.6. The lowest BCUT2D eigenvalue weighted by atomic mass is 9.92. The lowest BCUT2D eigenvalue weighted by Crippen LogP contribution is -2.21. The van der Waals surface area contributed by atoms with Crippen molar-refractivity contribution >= 4 is 45.7 Å². The van der Waals surface area contributed by atoms with Gasteiger partial charge in [-0.15, -0.1) is 0 Å². The molecule has 0 spiro atoms. The second-order valence-corrected chi connectivity index (χ2v) is 10.9. The van der Waals surface area contributed by atoms with Gasteiger partial charge in [-0.05, 0) is 42.5 Å². The lowest BCUT2D eigenvalue weighted by molar-refractivity contribution is -0.119. The Hall–Kier alpha value is -5.42. The molecule has 5 rings (SSSR count). The number of benzene rings is 3. The predicted octanol–water partition coefficient (Wildman–Crippen LogP) is 6.32. The zero-order valence-electron chi connectivity index (χ0n) is 24.3. The molecule has 11 nitrogen and oxygen atoms in total. The van der Waals surface area contributed by atoms with Gasteiger partial charge in [0.05, 0.1) is 17.1 Å². The Morgan fingerprint density at radius 2 is 1.65 bits per heavy atom. The third-order valence-corrected chi connectivity index (χ3v) is 6.49. The van der Waals surface area contributed by atoms with Gasteiger partial charge in [0, 0.05) is 47.3 Å². The van der Waals surface area contributed by atoms with E-state index in [0.717, 1.165) is 22.2 Å². The van der Waals surface area contributed by atoms with Crippen LogP contribution in [-0.4, -0.2) is 40.4 Å². The summed E-state index contributed by atoms with van der Waals surface area (Å²) in [6, 6.07) is 23.2. The summed E-state index contributed by atoms with van der Waals surface area (Å²) in [5.41, 5.74) is 8.47. The highest BCUT2D eigenvalue weighted by molar-refractivity contribution is 6.07. The maximum absolute atomic E-state index is 13.3. The number of fused-ring (bicyclic) bond motifs is 1. The molecule has 220 valence electrons. The first-order valence-corrected chi connectivity index (χ1v) is 13.6. The number of nitrogen functional groups attached to an aromatic ring is 1. The number of rotatable bonds is 8. The summed E-state index contributed by atoms with van der Waals surface area (Å²) in [6.45, 7) is 6.10. The van der Waals surface area contributed by atoms with Gasteiger partial charge in [-0.2, -0.15) is 5.10 Å². The van der Waals surface area contributed by atoms with Crippen LogP contribution in [0, 0.1) is 0 Å². The van der Waals surface area contributed by atoms with E-state index in [1.165, 1.54) is 7.11 Å². The summed E-state index contributed by atoms with van der Waals surface area (Å²) >= 11 is 0. The fraction of sp³-hybridized carbons (Fsp3) is 0.188. The molecule has 0 atom stereocenters. The van der Waals surface area contributed by atoms with Crippen molar-refractivity contribution in [3.8, 4) is 17.2 Å². The predicted molar refractivity (Wildman–Crippen MR) is 168 cm³/mol. The summed E-state index contributed by atoms with van der Waals surface area (Å²) in [5.74, 6) is 1.58. The van der Waals surface area contributed by atoms with E-state index in [1.54, 1.807) is 47.3 Å². The number of carbonyl (C=O) groups excluding carboxylic acids is 2. The van der Waals surface area contributed by atoms with E-state index in [9.17, 15) is 9.59 Å². The van der Waals surface area contributed by atoms with Crippen LogP contribution in [0.4, 0.5) is 27.8 Å². The molecule has 43 heavy (non-hydrogen) atoms. The van der Waals surface area contributed by atoms with Gasteiger partial charge in [0.2, 0.25) is 0 Å². The maximum Gasteiger partial charge on any atom is 0.324 e. The van der Waals surface area contributed by atoms with E-state index in [2.05, 4.69) is 41.7 Å². The van der Waals surface area contributed by atoms with E-state index >= 15 is 0 Å². The Kier molecular flexibility index (Phi) is 8.26. The number of hydrogen-bond donors (Lipinski definition) is 4. The van der Waals surface area contributed by atoms with Gasteiger partial charge in [-0.25, -0.2) is 14.5 Å². The van der Waals surface area contributed by atoms with Gasteiger partial charge in [0.15, 0.2) is 0 Å². The summed E-state index contributed by atoms with van der Waals surface area (Å²) in [5, 5.41) is 14.9. The Bertz CT molecular complexity index is 1780. The Balaban J connectivity index is 1.38. The van der Waals surface area contributed by atoms with Gasteiger partial charge >= 0.3 is 6.03 Å². The van der Waals surface area contributed by atoms with E-state index in [1.807, 2.05) is 42.5 Å². The van der Waals surface area contributed by atoms with Crippen molar-refractivity contribution in [2.45, 2.75) is 26.2 Å². The first kappa shape index (κ1) is 29.1. The number of amides is 3. The Labute approximate surface area is 249 Å². The average Bonchev–Trinajstić information content (AvgIpc) is 3.39. The lowest BCUT2D eigenvalue weighted by Gasteiger charge is -2.14. The molecule has 0 unspecified atom stereocenters. The van der Waals surface area contributed by atoms with Gasteiger partial charge in [0.1, 0.15) is 29.7 Å². The second kappa shape index (κ2) is 12.2. The number of methoxy groups -OCH3 is 1. The molecule has 2 heterocycles. The molecule has 0 saturated carbocycles. The third-order valence-electron chi connectivity index (χ3n) is 6.49. The number of urea groups is 1. The number of nitrogens with one attached hydrogen (secondary N) is 3. The van der Waals surface area contributed by atoms with Crippen molar-refractivity contribution in [3.05, 3.63) is 90.8 Å². The molecule has 0 aliphatic heterocycles. The van der Waals surface area contributed by atoms with E-state index < -0.39 is 6.03 Å². The zero-order valence-corrected chi connectivity index (χ0v) is 24.3. The normalized spacial score (nSPS) is 11.3. The molecule has 11 heteroatoms. The number of anilines is 4. The summed E-state index contributed by atoms with van der Waals surface area (Å²) in [7, 11) is 1.44. The van der Waals surface area contributed by atoms with E-state index in [4.69, 9.17) is 20.3 Å². The SMILES string of the molecule is COCC(=O)Nc1cc(Oc2ccc(NC(=O)Nc3cc(C(C)(C)C)nn3-c3ccc(N)cc3)c3ccccc23)ccn1. The minimum Gasteiger partial charge on any atom is -0.457 e. The minimum absolute atomic E-state index is 0.0824. The van der Waals surface area contributed by atoms with Crippen molar-refractivity contribution in [2.24, 2.45) is 0 Å². The number of pyridine rings is 1. The molecule has 5 aromatic rings. The average molecular weight is 580 g/mol. The summed E-state index contributed by atoms with van der Waals surface area (Å²) in [4.78, 5) is 29.3. The molecule has 0 aliphatic rings. The van der Waals surface area contributed by atoms with Crippen LogP contribution in [-0.2, 0) is 14.9 Å². The summed E-state index contributed by atoms with van der Waals surface area (Å²) in [6.07, 6.45) is 1.54. The maximum atomic E-state index is 13.3. The van der Waals surface area contributed by atoms with Crippen molar-refractivity contribution < 1.29 is 19.1 Å². The molecule has 3 aromatic carbocycles. The number of aromatic nitrogens is 3. The molecule has 0 fully saturated rings. The van der Waals surface area contributed by atoms with Crippen molar-refractivity contribution in [1.29, 1.82) is 0 Å². The van der Waals surface area contributed by atoms with Crippen molar-refractivity contribution in [3.63, 3.8) is 0 Å². The molecule has 5 N–H and O–H groups in total. The first-order valence-electron chi connectivity index (χ1n) is 13.6. The van der Waals surface area contributed by atoms with Gasteiger partial charge in [0.25, 0.3) is 5.91 Å². The highest BCUT2D eigenvalue weighted by Crippen LogP contribution is 2.35. The molecule has 2 aromatic heterocycles. The van der Waals surface area contributed by atoms with Crippen LogP contribution in [0.15, 0.2) is 85.1 Å². The number of ether oxygens (including phenoxy) is 2. The number of nitrogens with zero attached hydrogens (tertiary/aromatic N) is 3. The third kappa shape index (κ3) is 6.91. The first-order chi connectivity index (χ1) is 20.6. The minimum atomic E-state index is -0.429. The van der Waals surface area contributed by atoms with Crippen molar-refractivity contribution in [1.82, 2.24) is 14.8 Å². The van der Waals surface area contributed by atoms with E-state index in [-0.39, 0.29) is 17.9 Å². The smallest absolute Gasteiger partial charge is 0.324 e. The second-order valence-electron chi connectivity index (χ2n) is 10.9. The number of carbonyl (C=O) groups is 2. The van der Waals surface area contributed by atoms with Crippen LogP contribution < -0.4 is 26.4 Å². The van der Waals surface area contributed by atoms with Gasteiger partial charge < -0.3 is 25.8 Å². The fourth-order valence-corrected chi connectivity index (χ4v) is 4.37. The molecule has 3 amide bonds. The summed E-state index contributed by atoms with van der Waals surface area (Å²) < 4.78 is 12.7. The number of nitrogens with two attached hydrogens (primary N) is 1. The van der Waals surface area contributed by atoms with Crippen LogP contribution in [0.25, 0.3) is 16.5 Å². The van der Waals surface area contributed by atoms with E-state index in [0.29, 0.717) is 34.5 Å².